The molecule has 2 heterocycles. The van der Waals surface area contributed by atoms with Gasteiger partial charge < -0.3 is 4.74 Å². The molecule has 1 aromatic carbocycles. The largest absolute Gasteiger partial charge is 0.466 e. The van der Waals surface area contributed by atoms with Crippen LogP contribution in [0.5, 0.6) is 0 Å². The highest BCUT2D eigenvalue weighted by Gasteiger charge is 2.28. The van der Waals surface area contributed by atoms with Crippen molar-refractivity contribution in [3.05, 3.63) is 64.5 Å². The number of ketones is 1. The van der Waals surface area contributed by atoms with Crippen molar-refractivity contribution in [2.75, 3.05) is 12.9 Å². The predicted molar refractivity (Wildman–Crippen MR) is 147 cm³/mol. The van der Waals surface area contributed by atoms with Crippen molar-refractivity contribution < 1.29 is 22.7 Å². The van der Waals surface area contributed by atoms with E-state index in [0.717, 1.165) is 37.5 Å². The van der Waals surface area contributed by atoms with Crippen LogP contribution in [0.2, 0.25) is 0 Å². The third kappa shape index (κ3) is 7.38. The normalized spacial score (nSPS) is 15.2. The number of carbonyl (C=O) groups excluding carboxylic acids is 2. The Morgan fingerprint density at radius 1 is 1.10 bits per heavy atom. The molecule has 1 aliphatic carbocycles. The zero-order valence-corrected chi connectivity index (χ0v) is 23.3. The van der Waals surface area contributed by atoms with Crippen LogP contribution in [0.3, 0.4) is 0 Å². The Labute approximate surface area is 228 Å². The number of esters is 1. The Hall–Kier alpha value is -3.40. The average Bonchev–Trinajstić information content (AvgIpc) is 2.92. The quantitative estimate of drug-likeness (QED) is 0.326. The molecular weight excluding hydrogens is 518 g/mol. The topological polar surface area (TPSA) is 125 Å². The van der Waals surface area contributed by atoms with Crippen LogP contribution in [0.4, 0.5) is 0 Å². The van der Waals surface area contributed by atoms with E-state index in [2.05, 4.69) is 9.97 Å². The van der Waals surface area contributed by atoms with Crippen LogP contribution in [-0.4, -0.2) is 47.6 Å². The van der Waals surface area contributed by atoms with Crippen LogP contribution in [-0.2, 0) is 37.0 Å². The molecule has 1 unspecified atom stereocenters. The molecule has 1 fully saturated rings. The molecule has 1 saturated carbocycles. The van der Waals surface area contributed by atoms with Gasteiger partial charge in [-0.3, -0.25) is 23.9 Å². The van der Waals surface area contributed by atoms with Crippen molar-refractivity contribution in [3.63, 3.8) is 0 Å². The van der Waals surface area contributed by atoms with E-state index in [-0.39, 0.29) is 46.0 Å². The van der Waals surface area contributed by atoms with E-state index in [0.29, 0.717) is 31.1 Å². The average molecular weight is 554 g/mol. The molecule has 1 atom stereocenters. The highest BCUT2D eigenvalue weighted by molar-refractivity contribution is 7.90. The molecule has 0 aliphatic heterocycles. The molecule has 4 rings (SSSR count). The van der Waals surface area contributed by atoms with Crippen LogP contribution in [0.1, 0.15) is 69.2 Å². The van der Waals surface area contributed by atoms with E-state index >= 15 is 0 Å². The van der Waals surface area contributed by atoms with Gasteiger partial charge in [-0.2, -0.15) is 0 Å². The summed E-state index contributed by atoms with van der Waals surface area (Å²) in [6.07, 6.45) is 11.0. The third-order valence-electron chi connectivity index (χ3n) is 7.34. The Morgan fingerprint density at radius 3 is 2.54 bits per heavy atom. The number of pyridine rings is 1. The second kappa shape index (κ2) is 12.6. The number of ether oxygens (including phenoxy) is 1. The summed E-state index contributed by atoms with van der Waals surface area (Å²) >= 11 is 0. The maximum Gasteiger partial charge on any atom is 0.306 e. The van der Waals surface area contributed by atoms with Crippen LogP contribution >= 0.6 is 0 Å². The second-order valence-corrected chi connectivity index (χ2v) is 12.3. The first-order chi connectivity index (χ1) is 18.7. The summed E-state index contributed by atoms with van der Waals surface area (Å²) < 4.78 is 30.3. The fourth-order valence-corrected chi connectivity index (χ4v) is 5.83. The van der Waals surface area contributed by atoms with Gasteiger partial charge in [-0.15, -0.1) is 0 Å². The van der Waals surface area contributed by atoms with Crippen molar-refractivity contribution in [2.24, 2.45) is 5.92 Å². The third-order valence-corrected chi connectivity index (χ3v) is 8.45. The number of benzene rings is 1. The van der Waals surface area contributed by atoms with Crippen molar-refractivity contribution in [1.29, 1.82) is 0 Å². The van der Waals surface area contributed by atoms with Gasteiger partial charge in [0.25, 0.3) is 5.56 Å². The lowest BCUT2D eigenvalue weighted by Crippen LogP contribution is -2.33. The minimum absolute atomic E-state index is 0.0625. The first-order valence-electron chi connectivity index (χ1n) is 13.5. The minimum atomic E-state index is -3.45. The summed E-state index contributed by atoms with van der Waals surface area (Å²) in [4.78, 5) is 47.7. The summed E-state index contributed by atoms with van der Waals surface area (Å²) in [7, 11) is -3.45. The van der Waals surface area contributed by atoms with Gasteiger partial charge in [-0.05, 0) is 55.5 Å². The monoisotopic (exact) mass is 553 g/mol. The lowest BCUT2D eigenvalue weighted by Gasteiger charge is -2.27. The molecule has 208 valence electrons. The van der Waals surface area contributed by atoms with Gasteiger partial charge in [0, 0.05) is 24.6 Å². The number of carbonyl (C=O) groups is 2. The predicted octanol–water partition coefficient (Wildman–Crippen LogP) is 4.01. The van der Waals surface area contributed by atoms with Crippen LogP contribution < -0.4 is 5.56 Å². The van der Waals surface area contributed by atoms with Gasteiger partial charge in [0.2, 0.25) is 0 Å². The van der Waals surface area contributed by atoms with Crippen molar-refractivity contribution in [1.82, 2.24) is 14.5 Å². The molecule has 0 radical (unpaired) electrons. The summed E-state index contributed by atoms with van der Waals surface area (Å²) in [5.41, 5.74) is 1.38. The SMILES string of the molecule is CCOC(=O)CCc1ccc(CC(=O)C(CC2CCCCC2)n2cnc3cc(S(C)(=O)=O)ccc3c2=O)nc1. The van der Waals surface area contributed by atoms with Gasteiger partial charge >= 0.3 is 5.97 Å². The molecule has 0 bridgehead atoms. The molecular formula is C29H35N3O6S. The second-order valence-electron chi connectivity index (χ2n) is 10.3. The fraction of sp³-hybridized carbons (Fsp3) is 0.483. The minimum Gasteiger partial charge on any atom is -0.466 e. The zero-order valence-electron chi connectivity index (χ0n) is 22.5. The van der Waals surface area contributed by atoms with Gasteiger partial charge in [0.1, 0.15) is 0 Å². The van der Waals surface area contributed by atoms with Gasteiger partial charge in [0.05, 0.1) is 41.2 Å². The highest BCUT2D eigenvalue weighted by atomic mass is 32.2. The molecule has 0 amide bonds. The lowest BCUT2D eigenvalue weighted by atomic mass is 9.83. The molecule has 9 nitrogen and oxygen atoms in total. The van der Waals surface area contributed by atoms with Crippen LogP contribution in [0.25, 0.3) is 10.9 Å². The number of sulfone groups is 1. The Morgan fingerprint density at radius 2 is 1.87 bits per heavy atom. The van der Waals surface area contributed by atoms with Gasteiger partial charge in [-0.1, -0.05) is 38.2 Å². The van der Waals surface area contributed by atoms with Crippen molar-refractivity contribution in [3.8, 4) is 0 Å². The van der Waals surface area contributed by atoms with E-state index < -0.39 is 15.9 Å². The number of aromatic nitrogens is 3. The zero-order chi connectivity index (χ0) is 28.0. The Bertz CT molecular complexity index is 1490. The summed E-state index contributed by atoms with van der Waals surface area (Å²) in [6.45, 7) is 2.11. The Kier molecular flexibility index (Phi) is 9.27. The van der Waals surface area contributed by atoms with E-state index in [1.54, 1.807) is 19.2 Å². The molecule has 0 spiro atoms. The maximum absolute atomic E-state index is 13.7. The molecule has 2 aromatic heterocycles. The molecule has 0 saturated heterocycles. The standard InChI is InChI=1S/C29H35N3O6S/c1-3-38-28(34)14-10-21-9-11-22(30-18-21)16-27(33)26(15-20-7-5-4-6-8-20)32-19-31-25-17-23(39(2,36)37)12-13-24(25)29(32)35/h9,11-13,17-20,26H,3-8,10,14-16H2,1-2H3. The molecule has 0 N–H and O–H groups in total. The number of aryl methyl sites for hydroxylation is 1. The van der Waals surface area contributed by atoms with E-state index in [9.17, 15) is 22.8 Å². The maximum atomic E-state index is 13.7. The molecule has 3 aromatic rings. The summed E-state index contributed by atoms with van der Waals surface area (Å²) in [5, 5.41) is 0.274. The van der Waals surface area contributed by atoms with Crippen LogP contribution in [0.15, 0.2) is 52.5 Å². The van der Waals surface area contributed by atoms with Crippen molar-refractivity contribution >= 4 is 32.5 Å². The summed E-state index contributed by atoms with van der Waals surface area (Å²) in [6, 6.07) is 7.20. The first kappa shape index (κ1) is 28.6. The molecule has 1 aliphatic rings. The van der Waals surface area contributed by atoms with Gasteiger partial charge in [-0.25, -0.2) is 13.4 Å². The summed E-state index contributed by atoms with van der Waals surface area (Å²) in [5.74, 6) is -0.0474. The van der Waals surface area contributed by atoms with E-state index in [4.69, 9.17) is 4.74 Å². The number of hydrogen-bond donors (Lipinski definition) is 0. The number of nitrogens with zero attached hydrogens (tertiary/aromatic N) is 3. The van der Waals surface area contributed by atoms with Crippen LogP contribution in [0, 0.1) is 5.92 Å². The molecule has 39 heavy (non-hydrogen) atoms. The fourth-order valence-electron chi connectivity index (χ4n) is 5.19. The van der Waals surface area contributed by atoms with Crippen molar-refractivity contribution in [2.45, 2.75) is 75.6 Å². The smallest absolute Gasteiger partial charge is 0.306 e. The lowest BCUT2D eigenvalue weighted by molar-refractivity contribution is -0.143. The number of rotatable bonds is 11. The number of Topliss-reactive ketones (excluding diaryl/α,β-unsaturated/α-hetero) is 1. The Balaban J connectivity index is 1.58. The van der Waals surface area contributed by atoms with E-state index in [1.807, 2.05) is 6.07 Å². The highest BCUT2D eigenvalue weighted by Crippen LogP contribution is 2.31. The van der Waals surface area contributed by atoms with Gasteiger partial charge in [0.15, 0.2) is 15.6 Å². The van der Waals surface area contributed by atoms with E-state index in [1.165, 1.54) is 35.5 Å². The first-order valence-corrected chi connectivity index (χ1v) is 15.4. The number of hydrogen-bond acceptors (Lipinski definition) is 8. The molecule has 10 heteroatoms. The number of fused-ring (bicyclic) bond motifs is 1.